The Morgan fingerprint density at radius 2 is 2.06 bits per heavy atom. The van der Waals surface area contributed by atoms with Gasteiger partial charge in [0, 0.05) is 6.04 Å². The highest BCUT2D eigenvalue weighted by Crippen LogP contribution is 2.59. The Labute approximate surface area is 93.2 Å². The van der Waals surface area contributed by atoms with Gasteiger partial charge in [0.05, 0.1) is 0 Å². The van der Waals surface area contributed by atoms with Crippen molar-refractivity contribution in [3.63, 3.8) is 0 Å². The van der Waals surface area contributed by atoms with Crippen molar-refractivity contribution in [2.45, 2.75) is 36.9 Å². The fraction of sp³-hybridized carbons (Fsp3) is 0.889. The number of rotatable bonds is 2. The van der Waals surface area contributed by atoms with Crippen LogP contribution in [-0.2, 0) is 9.36 Å². The Balaban J connectivity index is 2.29. The number of carbonyl (C=O) groups is 1. The molecule has 1 aliphatic carbocycles. The molecule has 0 radical (unpaired) electrons. The summed E-state index contributed by atoms with van der Waals surface area (Å²) in [5, 5.41) is 10.4. The zero-order chi connectivity index (χ0) is 12.0. The van der Waals surface area contributed by atoms with Gasteiger partial charge in [0.15, 0.2) is 5.16 Å². The Bertz CT molecular complexity index is 354. The number of nitrogens with one attached hydrogen (secondary N) is 1. The van der Waals surface area contributed by atoms with Crippen molar-refractivity contribution in [3.05, 3.63) is 0 Å². The first-order chi connectivity index (χ1) is 7.37. The maximum Gasteiger partial charge on any atom is 0.342 e. The van der Waals surface area contributed by atoms with Crippen LogP contribution in [0.1, 0.15) is 25.7 Å². The lowest BCUT2D eigenvalue weighted by atomic mass is 9.78. The van der Waals surface area contributed by atoms with E-state index in [9.17, 15) is 19.1 Å². The molecule has 2 aliphatic rings. The summed E-state index contributed by atoms with van der Waals surface area (Å²) in [6.45, 7) is 0.812. The summed E-state index contributed by atoms with van der Waals surface area (Å²) in [6, 6.07) is -0.0579. The van der Waals surface area contributed by atoms with Crippen molar-refractivity contribution in [2.24, 2.45) is 5.92 Å². The van der Waals surface area contributed by atoms with Crippen molar-refractivity contribution in [1.29, 1.82) is 0 Å². The molecular formula is C9H16NO5P. The maximum absolute atomic E-state index is 11.4. The summed E-state index contributed by atoms with van der Waals surface area (Å²) in [5.74, 6) is -0.994. The van der Waals surface area contributed by atoms with Gasteiger partial charge in [-0.15, -0.1) is 0 Å². The molecule has 0 amide bonds. The van der Waals surface area contributed by atoms with E-state index < -0.39 is 18.7 Å². The number of hydrogen-bond donors (Lipinski definition) is 4. The number of carboxylic acid groups (broad SMARTS) is 1. The molecule has 1 heterocycles. The summed E-state index contributed by atoms with van der Waals surface area (Å²) in [7, 11) is -4.62. The van der Waals surface area contributed by atoms with Crippen molar-refractivity contribution in [3.8, 4) is 0 Å². The molecular weight excluding hydrogens is 233 g/mol. The van der Waals surface area contributed by atoms with Crippen LogP contribution in [0.4, 0.5) is 0 Å². The van der Waals surface area contributed by atoms with E-state index >= 15 is 0 Å². The van der Waals surface area contributed by atoms with Crippen LogP contribution < -0.4 is 5.32 Å². The predicted octanol–water partition coefficient (Wildman–Crippen LogP) is 0.149. The lowest BCUT2D eigenvalue weighted by Gasteiger charge is -2.39. The van der Waals surface area contributed by atoms with Gasteiger partial charge >= 0.3 is 13.6 Å². The third-order valence-corrected chi connectivity index (χ3v) is 5.65. The largest absolute Gasteiger partial charge is 0.480 e. The molecule has 2 rings (SSSR count). The highest BCUT2D eigenvalue weighted by atomic mass is 31.2. The highest BCUT2D eigenvalue weighted by molar-refractivity contribution is 7.54. The minimum Gasteiger partial charge on any atom is -0.480 e. The van der Waals surface area contributed by atoms with Crippen LogP contribution in [0.25, 0.3) is 0 Å². The summed E-state index contributed by atoms with van der Waals surface area (Å²) in [6.07, 6.45) is 1.67. The van der Waals surface area contributed by atoms with Crippen LogP contribution in [0.15, 0.2) is 0 Å². The second-order valence-corrected chi connectivity index (χ2v) is 6.68. The van der Waals surface area contributed by atoms with Gasteiger partial charge < -0.3 is 20.2 Å². The average molecular weight is 249 g/mol. The quantitative estimate of drug-likeness (QED) is 0.519. The lowest BCUT2D eigenvalue weighted by Crippen LogP contribution is -2.49. The van der Waals surface area contributed by atoms with Crippen LogP contribution in [0.5, 0.6) is 0 Å². The molecule has 4 N–H and O–H groups in total. The van der Waals surface area contributed by atoms with Crippen molar-refractivity contribution in [2.75, 3.05) is 6.54 Å². The first kappa shape index (κ1) is 12.0. The molecule has 1 saturated heterocycles. The van der Waals surface area contributed by atoms with Gasteiger partial charge in [-0.1, -0.05) is 0 Å². The third kappa shape index (κ3) is 1.70. The maximum atomic E-state index is 11.4. The van der Waals surface area contributed by atoms with Gasteiger partial charge in [0.1, 0.15) is 0 Å². The lowest BCUT2D eigenvalue weighted by molar-refractivity contribution is -0.142. The van der Waals surface area contributed by atoms with E-state index in [2.05, 4.69) is 5.32 Å². The molecule has 16 heavy (non-hydrogen) atoms. The Hall–Kier alpha value is -0.420. The molecule has 92 valence electrons. The first-order valence-corrected chi connectivity index (χ1v) is 7.00. The zero-order valence-corrected chi connectivity index (χ0v) is 9.69. The molecule has 7 heteroatoms. The van der Waals surface area contributed by atoms with E-state index in [4.69, 9.17) is 5.11 Å². The molecule has 6 nitrogen and oxygen atoms in total. The fourth-order valence-electron chi connectivity index (χ4n) is 2.88. The predicted molar refractivity (Wildman–Crippen MR) is 56.2 cm³/mol. The Morgan fingerprint density at radius 3 is 2.62 bits per heavy atom. The van der Waals surface area contributed by atoms with Gasteiger partial charge in [-0.05, 0) is 38.1 Å². The van der Waals surface area contributed by atoms with Crippen molar-refractivity contribution in [1.82, 2.24) is 5.32 Å². The van der Waals surface area contributed by atoms with Gasteiger partial charge in [0.2, 0.25) is 0 Å². The molecule has 0 aromatic carbocycles. The minimum absolute atomic E-state index is 0.0390. The number of carboxylic acids is 1. The van der Waals surface area contributed by atoms with Crippen LogP contribution in [0, 0.1) is 5.92 Å². The summed E-state index contributed by atoms with van der Waals surface area (Å²) < 4.78 is 11.4. The van der Waals surface area contributed by atoms with Crippen LogP contribution in [0.3, 0.4) is 0 Å². The van der Waals surface area contributed by atoms with E-state index in [0.717, 1.165) is 13.0 Å². The molecule has 0 aromatic rings. The van der Waals surface area contributed by atoms with Gasteiger partial charge in [0.25, 0.3) is 0 Å². The van der Waals surface area contributed by atoms with Crippen LogP contribution in [-0.4, -0.2) is 38.6 Å². The van der Waals surface area contributed by atoms with E-state index in [1.807, 2.05) is 0 Å². The monoisotopic (exact) mass is 249 g/mol. The minimum atomic E-state index is -4.62. The normalized spacial score (nSPS) is 39.4. The molecule has 3 unspecified atom stereocenters. The first-order valence-electron chi connectivity index (χ1n) is 5.39. The molecule has 0 bridgehead atoms. The standard InChI is InChI=1S/C9H16NO5P/c11-8(12)9(16(13,14)15)3-1-6-2-4-10-7(6)5-9/h6-7,10H,1-5H2,(H,11,12)(H2,13,14,15). The summed E-state index contributed by atoms with van der Waals surface area (Å²) >= 11 is 0. The number of aliphatic carboxylic acids is 1. The Morgan fingerprint density at radius 1 is 1.38 bits per heavy atom. The smallest absolute Gasteiger partial charge is 0.342 e. The van der Waals surface area contributed by atoms with Crippen molar-refractivity contribution >= 4 is 13.6 Å². The molecule has 1 saturated carbocycles. The van der Waals surface area contributed by atoms with Gasteiger partial charge in [-0.2, -0.15) is 0 Å². The fourth-order valence-corrected chi connectivity index (χ4v) is 3.98. The van der Waals surface area contributed by atoms with E-state index in [1.165, 1.54) is 0 Å². The van der Waals surface area contributed by atoms with E-state index in [1.54, 1.807) is 0 Å². The number of fused-ring (bicyclic) bond motifs is 1. The van der Waals surface area contributed by atoms with Gasteiger partial charge in [-0.3, -0.25) is 9.36 Å². The Kier molecular flexibility index (Phi) is 2.87. The average Bonchev–Trinajstić information content (AvgIpc) is 2.61. The van der Waals surface area contributed by atoms with Crippen LogP contribution in [0.2, 0.25) is 0 Å². The third-order valence-electron chi connectivity index (χ3n) is 3.93. The SMILES string of the molecule is O=C(O)C1(P(=O)(O)O)CCC2CCNC2C1. The topological polar surface area (TPSA) is 107 Å². The number of hydrogen-bond acceptors (Lipinski definition) is 3. The van der Waals surface area contributed by atoms with Crippen molar-refractivity contribution < 1.29 is 24.3 Å². The highest BCUT2D eigenvalue weighted by Gasteiger charge is 2.58. The zero-order valence-electron chi connectivity index (χ0n) is 8.80. The second-order valence-electron chi connectivity index (χ2n) is 4.73. The molecule has 3 atom stereocenters. The van der Waals surface area contributed by atoms with E-state index in [0.29, 0.717) is 12.3 Å². The molecule has 1 aliphatic heterocycles. The molecule has 2 fully saturated rings. The second kappa shape index (κ2) is 3.81. The van der Waals surface area contributed by atoms with Crippen LogP contribution >= 0.6 is 7.60 Å². The van der Waals surface area contributed by atoms with E-state index in [-0.39, 0.29) is 18.9 Å². The molecule has 0 spiro atoms. The summed E-state index contributed by atoms with van der Waals surface area (Å²) in [4.78, 5) is 29.8. The van der Waals surface area contributed by atoms with Gasteiger partial charge in [-0.25, -0.2) is 0 Å². The molecule has 0 aromatic heterocycles. The summed E-state index contributed by atoms with van der Waals surface area (Å²) in [5.41, 5.74) is 0.